The summed E-state index contributed by atoms with van der Waals surface area (Å²) < 4.78 is 6.30. The highest BCUT2D eigenvalue weighted by Gasteiger charge is 2.68. The average Bonchev–Trinajstić information content (AvgIpc) is 3.00. The minimum Gasteiger partial charge on any atom is -0.461 e. The fourth-order valence-electron chi connectivity index (χ4n) is 6.69. The van der Waals surface area contributed by atoms with E-state index in [0.29, 0.717) is 18.6 Å². The van der Waals surface area contributed by atoms with Gasteiger partial charge in [0.1, 0.15) is 11.9 Å². The zero-order valence-electron chi connectivity index (χ0n) is 17.0. The molecule has 0 aromatic rings. The summed E-state index contributed by atoms with van der Waals surface area (Å²) in [6.07, 6.45) is 4.69. The van der Waals surface area contributed by atoms with Gasteiger partial charge in [-0.05, 0) is 42.9 Å². The summed E-state index contributed by atoms with van der Waals surface area (Å²) in [5, 5.41) is 11.4. The normalized spacial score (nSPS) is 49.7. The molecule has 3 saturated carbocycles. The third kappa shape index (κ3) is 2.93. The molecule has 5 heteroatoms. The lowest BCUT2D eigenvalue weighted by atomic mass is 9.44. The van der Waals surface area contributed by atoms with E-state index in [-0.39, 0.29) is 33.6 Å². The van der Waals surface area contributed by atoms with Gasteiger partial charge in [-0.25, -0.2) is 0 Å². The van der Waals surface area contributed by atoms with E-state index in [4.69, 9.17) is 4.74 Å². The molecule has 0 amide bonds. The van der Waals surface area contributed by atoms with Crippen molar-refractivity contribution in [2.45, 2.75) is 72.0 Å². The lowest BCUT2D eigenvalue weighted by Crippen LogP contribution is -2.63. The van der Waals surface area contributed by atoms with Gasteiger partial charge in [-0.2, -0.15) is 0 Å². The molecule has 3 rings (SSSR count). The Morgan fingerprint density at radius 2 is 2.04 bits per heavy atom. The average molecular weight is 488 g/mol. The Bertz CT molecular complexity index is 648. The Morgan fingerprint density at radius 3 is 2.63 bits per heavy atom. The number of esters is 1. The van der Waals surface area contributed by atoms with Crippen LogP contribution in [0.2, 0.25) is 0 Å². The SMILES string of the molecule is C=C[C@]1(C)C[C@@H](OC(=O)CI)[C@]2(C)[C@H](C)CC[C@]3(CCC(=O)[C@@H]32)[C@@H](C)[C@@H]1O. The van der Waals surface area contributed by atoms with Gasteiger partial charge in [0.05, 0.1) is 10.5 Å². The van der Waals surface area contributed by atoms with E-state index in [9.17, 15) is 14.7 Å². The number of ether oxygens (including phenoxy) is 1. The summed E-state index contributed by atoms with van der Waals surface area (Å²) in [7, 11) is 0. The van der Waals surface area contributed by atoms with E-state index < -0.39 is 23.0 Å². The van der Waals surface area contributed by atoms with E-state index in [1.807, 2.05) is 35.6 Å². The summed E-state index contributed by atoms with van der Waals surface area (Å²) in [5.74, 6) is 0.178. The third-order valence-corrected chi connectivity index (χ3v) is 9.31. The Balaban J connectivity index is 2.21. The number of halogens is 1. The predicted molar refractivity (Wildman–Crippen MR) is 114 cm³/mol. The monoisotopic (exact) mass is 488 g/mol. The molecule has 3 aliphatic carbocycles. The number of alkyl halides is 1. The van der Waals surface area contributed by atoms with Crippen molar-refractivity contribution in [3.05, 3.63) is 12.7 Å². The number of rotatable bonds is 3. The molecule has 3 aliphatic rings. The lowest BCUT2D eigenvalue weighted by molar-refractivity contribution is -0.205. The fourth-order valence-corrected chi connectivity index (χ4v) is 6.87. The summed E-state index contributed by atoms with van der Waals surface area (Å²) >= 11 is 2.02. The fraction of sp³-hybridized carbons (Fsp3) is 0.818. The molecular weight excluding hydrogens is 455 g/mol. The van der Waals surface area contributed by atoms with Gasteiger partial charge in [0.25, 0.3) is 0 Å². The second kappa shape index (κ2) is 7.12. The van der Waals surface area contributed by atoms with Crippen molar-refractivity contribution in [3.63, 3.8) is 0 Å². The van der Waals surface area contributed by atoms with Crippen LogP contribution in [0.15, 0.2) is 12.7 Å². The molecule has 0 saturated heterocycles. The molecule has 0 aromatic heterocycles. The van der Waals surface area contributed by atoms with Crippen LogP contribution in [0.4, 0.5) is 0 Å². The van der Waals surface area contributed by atoms with E-state index in [1.165, 1.54) is 0 Å². The van der Waals surface area contributed by atoms with Crippen molar-refractivity contribution >= 4 is 34.3 Å². The minimum atomic E-state index is -0.609. The number of hydrogen-bond donors (Lipinski definition) is 1. The second-order valence-electron chi connectivity index (χ2n) is 9.70. The van der Waals surface area contributed by atoms with Crippen LogP contribution in [0.5, 0.6) is 0 Å². The number of hydrogen-bond acceptors (Lipinski definition) is 4. The molecule has 4 nitrogen and oxygen atoms in total. The molecule has 0 heterocycles. The Kier molecular flexibility index (Phi) is 5.61. The molecule has 1 N–H and O–H groups in total. The molecule has 152 valence electrons. The first-order chi connectivity index (χ1) is 12.6. The maximum atomic E-state index is 13.2. The summed E-state index contributed by atoms with van der Waals surface area (Å²) in [5.41, 5.74) is -1.18. The van der Waals surface area contributed by atoms with Gasteiger partial charge in [0.15, 0.2) is 0 Å². The van der Waals surface area contributed by atoms with Gasteiger partial charge in [0, 0.05) is 23.2 Å². The van der Waals surface area contributed by atoms with Crippen LogP contribution in [0.3, 0.4) is 0 Å². The van der Waals surface area contributed by atoms with Crippen LogP contribution in [-0.2, 0) is 14.3 Å². The van der Waals surface area contributed by atoms with Gasteiger partial charge in [-0.3, -0.25) is 9.59 Å². The topological polar surface area (TPSA) is 63.6 Å². The summed E-state index contributed by atoms with van der Waals surface area (Å²) in [4.78, 5) is 25.5. The molecular formula is C22H33IO4. The first kappa shape index (κ1) is 21.3. The number of carbonyl (C=O) groups is 2. The first-order valence-electron chi connectivity index (χ1n) is 10.2. The zero-order chi connectivity index (χ0) is 20.2. The molecule has 8 atom stereocenters. The predicted octanol–water partition coefficient (Wildman–Crippen LogP) is 4.33. The van der Waals surface area contributed by atoms with Crippen molar-refractivity contribution < 1.29 is 19.4 Å². The lowest BCUT2D eigenvalue weighted by Gasteiger charge is -2.61. The highest BCUT2D eigenvalue weighted by atomic mass is 127. The quantitative estimate of drug-likeness (QED) is 0.278. The van der Waals surface area contributed by atoms with Gasteiger partial charge in [-0.15, -0.1) is 6.58 Å². The summed E-state index contributed by atoms with van der Waals surface area (Å²) in [6.45, 7) is 12.5. The number of ketones is 1. The van der Waals surface area contributed by atoms with Gasteiger partial charge >= 0.3 is 5.97 Å². The third-order valence-electron chi connectivity index (χ3n) is 8.68. The van der Waals surface area contributed by atoms with E-state index in [2.05, 4.69) is 27.4 Å². The maximum absolute atomic E-state index is 13.2. The second-order valence-corrected chi connectivity index (χ2v) is 10.5. The van der Waals surface area contributed by atoms with Crippen LogP contribution in [-0.4, -0.2) is 33.5 Å². The number of aliphatic hydroxyl groups excluding tert-OH is 1. The first-order valence-corrected chi connectivity index (χ1v) is 11.7. The van der Waals surface area contributed by atoms with Crippen LogP contribution in [0, 0.1) is 34.0 Å². The highest BCUT2D eigenvalue weighted by molar-refractivity contribution is 14.1. The van der Waals surface area contributed by atoms with E-state index >= 15 is 0 Å². The Labute approximate surface area is 176 Å². The van der Waals surface area contributed by atoms with Crippen molar-refractivity contribution in [2.75, 3.05) is 4.43 Å². The van der Waals surface area contributed by atoms with Gasteiger partial charge in [0.2, 0.25) is 0 Å². The molecule has 27 heavy (non-hydrogen) atoms. The highest BCUT2D eigenvalue weighted by Crippen LogP contribution is 2.67. The molecule has 2 bridgehead atoms. The van der Waals surface area contributed by atoms with E-state index in [0.717, 1.165) is 19.3 Å². The Hall–Kier alpha value is -0.430. The van der Waals surface area contributed by atoms with Crippen LogP contribution >= 0.6 is 22.6 Å². The van der Waals surface area contributed by atoms with E-state index in [1.54, 1.807) is 0 Å². The standard InChI is InChI=1S/C22H33IO4/c1-6-20(4)11-16(27-17(25)12-23)21(5)13(2)7-9-22(14(3)19(20)26)10-8-15(24)18(21)22/h6,13-14,16,18-19,26H,1,7-12H2,2-5H3/t13-,14+,16-,18-,19+,20-,21+,22+/m1/s1. The smallest absolute Gasteiger partial charge is 0.316 e. The van der Waals surface area contributed by atoms with Crippen LogP contribution < -0.4 is 0 Å². The molecule has 0 radical (unpaired) electrons. The zero-order valence-corrected chi connectivity index (χ0v) is 19.1. The van der Waals surface area contributed by atoms with Crippen LogP contribution in [0.1, 0.15) is 59.8 Å². The maximum Gasteiger partial charge on any atom is 0.316 e. The van der Waals surface area contributed by atoms with Crippen molar-refractivity contribution in [3.8, 4) is 0 Å². The molecule has 0 unspecified atom stereocenters. The van der Waals surface area contributed by atoms with Crippen molar-refractivity contribution in [1.82, 2.24) is 0 Å². The Morgan fingerprint density at radius 1 is 1.37 bits per heavy atom. The van der Waals surface area contributed by atoms with Crippen molar-refractivity contribution in [1.29, 1.82) is 0 Å². The largest absolute Gasteiger partial charge is 0.461 e. The molecule has 0 aromatic carbocycles. The van der Waals surface area contributed by atoms with Crippen LogP contribution in [0.25, 0.3) is 0 Å². The molecule has 0 aliphatic heterocycles. The summed E-state index contributed by atoms with van der Waals surface area (Å²) in [6, 6.07) is 0. The number of aliphatic hydroxyl groups is 1. The number of carbonyl (C=O) groups excluding carboxylic acids is 2. The van der Waals surface area contributed by atoms with Crippen molar-refractivity contribution in [2.24, 2.45) is 34.0 Å². The number of Topliss-reactive ketones (excluding diaryl/α,β-unsaturated/α-hetero) is 1. The van der Waals surface area contributed by atoms with Gasteiger partial charge < -0.3 is 9.84 Å². The molecule has 3 fully saturated rings. The molecule has 0 spiro atoms. The van der Waals surface area contributed by atoms with Gasteiger partial charge in [-0.1, -0.05) is 56.4 Å². The minimum absolute atomic E-state index is 0.00463.